The van der Waals surface area contributed by atoms with Gasteiger partial charge in [0.15, 0.2) is 5.76 Å². The van der Waals surface area contributed by atoms with Crippen molar-refractivity contribution in [3.05, 3.63) is 52.3 Å². The van der Waals surface area contributed by atoms with E-state index in [1.807, 2.05) is 32.0 Å². The van der Waals surface area contributed by atoms with E-state index in [4.69, 9.17) is 9.15 Å². The second-order valence-electron chi connectivity index (χ2n) is 6.03. The lowest BCUT2D eigenvalue weighted by Crippen LogP contribution is -2.45. The maximum absolute atomic E-state index is 12.3. The lowest BCUT2D eigenvalue weighted by molar-refractivity contribution is -0.402. The number of hydrogen-bond acceptors (Lipinski definition) is 6. The molecular formula is C17H19N3O5. The first-order valence-corrected chi connectivity index (χ1v) is 7.99. The fraction of sp³-hybridized carbons (Fsp3) is 0.353. The monoisotopic (exact) mass is 345 g/mol. The second kappa shape index (κ2) is 6.94. The summed E-state index contributed by atoms with van der Waals surface area (Å²) in [5.41, 5.74) is 1.49. The van der Waals surface area contributed by atoms with E-state index in [0.29, 0.717) is 18.8 Å². The molecule has 1 aromatic carbocycles. The molecule has 132 valence electrons. The van der Waals surface area contributed by atoms with E-state index < -0.39 is 16.7 Å². The Hall–Kier alpha value is -2.87. The van der Waals surface area contributed by atoms with Crippen molar-refractivity contribution in [3.63, 3.8) is 0 Å². The molecule has 1 fully saturated rings. The molecule has 8 nitrogen and oxygen atoms in total. The molecule has 0 bridgehead atoms. The van der Waals surface area contributed by atoms with E-state index in [-0.39, 0.29) is 18.0 Å². The number of furan rings is 1. The minimum absolute atomic E-state index is 0.0835. The van der Waals surface area contributed by atoms with Gasteiger partial charge in [-0.3, -0.25) is 14.9 Å². The summed E-state index contributed by atoms with van der Waals surface area (Å²) >= 11 is 0. The zero-order chi connectivity index (χ0) is 18.0. The van der Waals surface area contributed by atoms with Crippen molar-refractivity contribution in [2.24, 2.45) is 0 Å². The minimum Gasteiger partial charge on any atom is -0.395 e. The number of benzene rings is 1. The van der Waals surface area contributed by atoms with Gasteiger partial charge in [0.1, 0.15) is 4.92 Å². The summed E-state index contributed by atoms with van der Waals surface area (Å²) in [5.74, 6) is -1.10. The molecule has 3 rings (SSSR count). The van der Waals surface area contributed by atoms with Gasteiger partial charge in [0.2, 0.25) is 0 Å². The van der Waals surface area contributed by atoms with Crippen molar-refractivity contribution in [1.29, 1.82) is 0 Å². The van der Waals surface area contributed by atoms with Gasteiger partial charge in [0.05, 0.1) is 29.6 Å². The Morgan fingerprint density at radius 3 is 2.52 bits per heavy atom. The first-order valence-electron chi connectivity index (χ1n) is 7.99. The Morgan fingerprint density at radius 1 is 1.20 bits per heavy atom. The summed E-state index contributed by atoms with van der Waals surface area (Å²) in [6, 6.07) is 9.87. The van der Waals surface area contributed by atoms with Crippen molar-refractivity contribution in [2.45, 2.75) is 26.1 Å². The third-order valence-electron chi connectivity index (χ3n) is 3.91. The smallest absolute Gasteiger partial charge is 0.395 e. The lowest BCUT2D eigenvalue weighted by Gasteiger charge is -2.37. The maximum Gasteiger partial charge on any atom is 0.433 e. The maximum atomic E-state index is 12.3. The highest BCUT2D eigenvalue weighted by molar-refractivity contribution is 6.04. The predicted octanol–water partition coefficient (Wildman–Crippen LogP) is 3.05. The number of para-hydroxylation sites is 2. The summed E-state index contributed by atoms with van der Waals surface area (Å²) in [7, 11) is 0. The fourth-order valence-corrected chi connectivity index (χ4v) is 2.96. The highest BCUT2D eigenvalue weighted by Gasteiger charge is 2.25. The Morgan fingerprint density at radius 2 is 1.88 bits per heavy atom. The van der Waals surface area contributed by atoms with Gasteiger partial charge in [-0.1, -0.05) is 12.1 Å². The zero-order valence-corrected chi connectivity index (χ0v) is 14.0. The lowest BCUT2D eigenvalue weighted by atomic mass is 10.1. The minimum atomic E-state index is -0.679. The van der Waals surface area contributed by atoms with Crippen LogP contribution in [0.15, 0.2) is 40.8 Å². The van der Waals surface area contributed by atoms with E-state index in [2.05, 4.69) is 10.2 Å². The number of carbonyl (C=O) groups excluding carboxylic acids is 1. The highest BCUT2D eigenvalue weighted by atomic mass is 16.6. The summed E-state index contributed by atoms with van der Waals surface area (Å²) in [6.07, 6.45) is 0.167. The number of carbonyl (C=O) groups is 1. The molecule has 2 heterocycles. The molecular weight excluding hydrogens is 326 g/mol. The molecule has 1 saturated heterocycles. The topological polar surface area (TPSA) is 97.9 Å². The van der Waals surface area contributed by atoms with Crippen LogP contribution >= 0.6 is 0 Å². The number of nitrogens with one attached hydrogen (secondary N) is 1. The van der Waals surface area contributed by atoms with Crippen molar-refractivity contribution in [1.82, 2.24) is 0 Å². The molecule has 2 unspecified atom stereocenters. The number of hydrogen-bond donors (Lipinski definition) is 1. The molecule has 1 aliphatic rings. The van der Waals surface area contributed by atoms with Crippen molar-refractivity contribution in [2.75, 3.05) is 23.3 Å². The van der Waals surface area contributed by atoms with Crippen LogP contribution in [0.5, 0.6) is 0 Å². The predicted molar refractivity (Wildman–Crippen MR) is 92.0 cm³/mol. The molecule has 2 aromatic rings. The Balaban J connectivity index is 1.80. The van der Waals surface area contributed by atoms with E-state index in [1.54, 1.807) is 6.07 Å². The molecule has 2 atom stereocenters. The van der Waals surface area contributed by atoms with Crippen LogP contribution in [0.25, 0.3) is 0 Å². The zero-order valence-electron chi connectivity index (χ0n) is 14.0. The van der Waals surface area contributed by atoms with Crippen molar-refractivity contribution >= 4 is 23.2 Å². The third-order valence-corrected chi connectivity index (χ3v) is 3.91. The first kappa shape index (κ1) is 17.0. The van der Waals surface area contributed by atoms with E-state index >= 15 is 0 Å². The molecule has 1 aromatic heterocycles. The van der Waals surface area contributed by atoms with Crippen molar-refractivity contribution < 1.29 is 18.9 Å². The van der Waals surface area contributed by atoms with E-state index in [9.17, 15) is 14.9 Å². The molecule has 1 aliphatic heterocycles. The highest BCUT2D eigenvalue weighted by Crippen LogP contribution is 2.29. The van der Waals surface area contributed by atoms with Gasteiger partial charge in [-0.05, 0) is 32.0 Å². The fourth-order valence-electron chi connectivity index (χ4n) is 2.96. The Bertz CT molecular complexity index is 778. The first-order chi connectivity index (χ1) is 11.9. The van der Waals surface area contributed by atoms with Crippen LogP contribution in [-0.2, 0) is 4.74 Å². The third kappa shape index (κ3) is 3.80. The van der Waals surface area contributed by atoms with Crippen molar-refractivity contribution in [3.8, 4) is 0 Å². The summed E-state index contributed by atoms with van der Waals surface area (Å²) in [6.45, 7) is 5.44. The van der Waals surface area contributed by atoms with Gasteiger partial charge in [-0.2, -0.15) is 0 Å². The van der Waals surface area contributed by atoms with Gasteiger partial charge in [0, 0.05) is 13.1 Å². The Labute approximate surface area is 144 Å². The van der Waals surface area contributed by atoms with Crippen LogP contribution < -0.4 is 10.2 Å². The number of nitro groups is 1. The van der Waals surface area contributed by atoms with Crippen LogP contribution in [0.1, 0.15) is 24.4 Å². The largest absolute Gasteiger partial charge is 0.433 e. The average molecular weight is 345 g/mol. The van der Waals surface area contributed by atoms with E-state index in [1.165, 1.54) is 6.07 Å². The van der Waals surface area contributed by atoms with Crippen LogP contribution in [-0.4, -0.2) is 36.1 Å². The van der Waals surface area contributed by atoms with Crippen LogP contribution in [0.4, 0.5) is 17.3 Å². The van der Waals surface area contributed by atoms with Gasteiger partial charge < -0.3 is 19.4 Å². The van der Waals surface area contributed by atoms with Gasteiger partial charge in [-0.15, -0.1) is 0 Å². The normalized spacial score (nSPS) is 20.3. The molecule has 0 radical (unpaired) electrons. The molecule has 8 heteroatoms. The Kier molecular flexibility index (Phi) is 4.71. The molecule has 1 amide bonds. The summed E-state index contributed by atoms with van der Waals surface area (Å²) in [4.78, 5) is 24.5. The number of morpholine rings is 1. The number of amides is 1. The molecule has 0 spiro atoms. The summed E-state index contributed by atoms with van der Waals surface area (Å²) < 4.78 is 10.7. The number of nitrogens with zero attached hydrogens (tertiary/aromatic N) is 2. The van der Waals surface area contributed by atoms with E-state index in [0.717, 1.165) is 11.8 Å². The summed E-state index contributed by atoms with van der Waals surface area (Å²) in [5, 5.41) is 13.4. The number of anilines is 2. The van der Waals surface area contributed by atoms with Gasteiger partial charge in [-0.25, -0.2) is 0 Å². The van der Waals surface area contributed by atoms with Gasteiger partial charge in [0.25, 0.3) is 5.91 Å². The average Bonchev–Trinajstić information content (AvgIpc) is 3.05. The van der Waals surface area contributed by atoms with Crippen LogP contribution in [0.2, 0.25) is 0 Å². The molecule has 1 N–H and O–H groups in total. The number of rotatable bonds is 4. The quantitative estimate of drug-likeness (QED) is 0.675. The molecule has 25 heavy (non-hydrogen) atoms. The molecule has 0 saturated carbocycles. The SMILES string of the molecule is CC1CN(c2ccccc2NC(=O)c2ccc([N+](=O)[O-])o2)CC(C)O1. The second-order valence-corrected chi connectivity index (χ2v) is 6.03. The van der Waals surface area contributed by atoms with Crippen LogP contribution in [0, 0.1) is 10.1 Å². The molecule has 0 aliphatic carbocycles. The van der Waals surface area contributed by atoms with Crippen LogP contribution in [0.3, 0.4) is 0 Å². The number of ether oxygens (including phenoxy) is 1. The van der Waals surface area contributed by atoms with Gasteiger partial charge >= 0.3 is 5.88 Å². The standard InChI is InChI=1S/C17H19N3O5/c1-11-9-19(10-12(2)24-11)14-6-4-3-5-13(14)18-17(21)15-7-8-16(25-15)20(22)23/h3-8,11-12H,9-10H2,1-2H3,(H,18,21).